The average Bonchev–Trinajstić information content (AvgIpc) is 2.83. The van der Waals surface area contributed by atoms with Crippen LogP contribution in [-0.2, 0) is 22.4 Å². The van der Waals surface area contributed by atoms with Crippen LogP contribution in [0.15, 0.2) is 60.7 Å². The lowest BCUT2D eigenvalue weighted by atomic mass is 9.90. The molecule has 1 aliphatic rings. The van der Waals surface area contributed by atoms with E-state index in [4.69, 9.17) is 0 Å². The number of unbranched alkanes of at least 4 members (excludes halogenated alkanes) is 3. The van der Waals surface area contributed by atoms with E-state index in [1.54, 1.807) is 0 Å². The van der Waals surface area contributed by atoms with Crippen LogP contribution in [0.3, 0.4) is 0 Å². The summed E-state index contributed by atoms with van der Waals surface area (Å²) in [5.74, 6) is 0.672. The van der Waals surface area contributed by atoms with E-state index in [1.807, 2.05) is 35.2 Å². The number of likely N-dealkylation sites (tertiary alicyclic amines) is 1. The first-order chi connectivity index (χ1) is 15.7. The van der Waals surface area contributed by atoms with Crippen molar-refractivity contribution in [3.8, 4) is 0 Å². The molecule has 0 saturated carbocycles. The van der Waals surface area contributed by atoms with E-state index in [2.05, 4.69) is 42.6 Å². The molecule has 1 saturated heterocycles. The van der Waals surface area contributed by atoms with Gasteiger partial charge >= 0.3 is 0 Å². The number of carbonyl (C=O) groups excluding carboxylic acids is 2. The highest BCUT2D eigenvalue weighted by Crippen LogP contribution is 2.22. The van der Waals surface area contributed by atoms with Gasteiger partial charge in [-0.05, 0) is 42.7 Å². The van der Waals surface area contributed by atoms with Crippen LogP contribution in [0, 0.1) is 5.92 Å². The number of nitrogens with one attached hydrogen (secondary N) is 1. The van der Waals surface area contributed by atoms with Crippen molar-refractivity contribution >= 4 is 11.8 Å². The van der Waals surface area contributed by atoms with Crippen LogP contribution in [0.4, 0.5) is 0 Å². The van der Waals surface area contributed by atoms with E-state index in [1.165, 1.54) is 5.56 Å². The minimum atomic E-state index is -0.484. The fraction of sp³-hybridized carbons (Fsp3) is 0.500. The van der Waals surface area contributed by atoms with E-state index < -0.39 is 6.04 Å². The molecule has 1 atom stereocenters. The van der Waals surface area contributed by atoms with Crippen molar-refractivity contribution in [3.05, 3.63) is 71.8 Å². The van der Waals surface area contributed by atoms with Gasteiger partial charge in [-0.1, -0.05) is 86.8 Å². The highest BCUT2D eigenvalue weighted by molar-refractivity contribution is 5.88. The molecule has 3 rings (SSSR count). The minimum absolute atomic E-state index is 0.00523. The monoisotopic (exact) mass is 434 g/mol. The highest BCUT2D eigenvalue weighted by atomic mass is 16.2. The lowest BCUT2D eigenvalue weighted by Gasteiger charge is -2.34. The van der Waals surface area contributed by atoms with E-state index in [-0.39, 0.29) is 11.8 Å². The van der Waals surface area contributed by atoms with Crippen LogP contribution in [-0.4, -0.2) is 35.8 Å². The van der Waals surface area contributed by atoms with Gasteiger partial charge in [0.15, 0.2) is 0 Å². The van der Waals surface area contributed by atoms with Crippen LogP contribution in [0.5, 0.6) is 0 Å². The quantitative estimate of drug-likeness (QED) is 0.496. The number of nitrogens with zero attached hydrogens (tertiary/aromatic N) is 1. The summed E-state index contributed by atoms with van der Waals surface area (Å²) in [5, 5.41) is 3.06. The number of rotatable bonds is 11. The average molecular weight is 435 g/mol. The molecule has 0 radical (unpaired) electrons. The maximum absolute atomic E-state index is 13.4. The second-order valence-corrected chi connectivity index (χ2v) is 9.08. The van der Waals surface area contributed by atoms with Gasteiger partial charge in [0.2, 0.25) is 11.8 Å². The Morgan fingerprint density at radius 2 is 1.53 bits per heavy atom. The molecule has 4 nitrogen and oxygen atoms in total. The molecule has 2 aromatic carbocycles. The number of benzene rings is 2. The van der Waals surface area contributed by atoms with Gasteiger partial charge in [0.05, 0.1) is 0 Å². The van der Waals surface area contributed by atoms with Gasteiger partial charge in [0, 0.05) is 25.9 Å². The topological polar surface area (TPSA) is 49.4 Å². The van der Waals surface area contributed by atoms with Crippen LogP contribution in [0.25, 0.3) is 0 Å². The normalized spacial score (nSPS) is 15.3. The van der Waals surface area contributed by atoms with Crippen molar-refractivity contribution in [3.63, 3.8) is 0 Å². The largest absolute Gasteiger partial charge is 0.344 e. The zero-order valence-corrected chi connectivity index (χ0v) is 19.5. The maximum atomic E-state index is 13.4. The first-order valence-corrected chi connectivity index (χ1v) is 12.3. The fourth-order valence-corrected chi connectivity index (χ4v) is 4.55. The van der Waals surface area contributed by atoms with E-state index in [0.717, 1.165) is 63.6 Å². The molecular weight excluding hydrogens is 396 g/mol. The third kappa shape index (κ3) is 7.81. The molecule has 2 aromatic rings. The van der Waals surface area contributed by atoms with Crippen molar-refractivity contribution in [2.45, 2.75) is 70.8 Å². The lowest BCUT2D eigenvalue weighted by Crippen LogP contribution is -2.51. The zero-order chi connectivity index (χ0) is 22.6. The fourth-order valence-electron chi connectivity index (χ4n) is 4.55. The van der Waals surface area contributed by atoms with Gasteiger partial charge in [0.1, 0.15) is 6.04 Å². The summed E-state index contributed by atoms with van der Waals surface area (Å²) >= 11 is 0. The van der Waals surface area contributed by atoms with Gasteiger partial charge in [-0.2, -0.15) is 0 Å². The zero-order valence-electron chi connectivity index (χ0n) is 19.5. The van der Waals surface area contributed by atoms with Gasteiger partial charge in [-0.3, -0.25) is 9.59 Å². The van der Waals surface area contributed by atoms with Crippen LogP contribution >= 0.6 is 0 Å². The summed E-state index contributed by atoms with van der Waals surface area (Å²) in [6, 6.07) is 20.1. The molecule has 0 spiro atoms. The molecule has 0 aromatic heterocycles. The number of hydrogen-bond donors (Lipinski definition) is 1. The summed E-state index contributed by atoms with van der Waals surface area (Å²) < 4.78 is 0. The SMILES string of the molecule is CCCCCCC(=O)NC(Cc1ccccc1)C(=O)N1CCC(Cc2ccccc2)CC1. The van der Waals surface area contributed by atoms with Crippen LogP contribution in [0.2, 0.25) is 0 Å². The van der Waals surface area contributed by atoms with Crippen molar-refractivity contribution < 1.29 is 9.59 Å². The summed E-state index contributed by atoms with van der Waals surface area (Å²) in [4.78, 5) is 27.9. The molecule has 1 N–H and O–H groups in total. The van der Waals surface area contributed by atoms with Crippen molar-refractivity contribution in [1.82, 2.24) is 10.2 Å². The van der Waals surface area contributed by atoms with Gasteiger partial charge in [-0.25, -0.2) is 0 Å². The highest BCUT2D eigenvalue weighted by Gasteiger charge is 2.29. The molecular formula is C28H38N2O2. The van der Waals surface area contributed by atoms with Gasteiger partial charge < -0.3 is 10.2 Å². The predicted octanol–water partition coefficient (Wildman–Crippen LogP) is 5.17. The summed E-state index contributed by atoms with van der Waals surface area (Å²) in [5.41, 5.74) is 2.45. The predicted molar refractivity (Wildman–Crippen MR) is 130 cm³/mol. The number of hydrogen-bond acceptors (Lipinski definition) is 2. The number of piperidine rings is 1. The Hall–Kier alpha value is -2.62. The minimum Gasteiger partial charge on any atom is -0.344 e. The molecule has 1 fully saturated rings. The second kappa shape index (κ2) is 13.0. The van der Waals surface area contributed by atoms with Crippen molar-refractivity contribution in [1.29, 1.82) is 0 Å². The lowest BCUT2D eigenvalue weighted by molar-refractivity contribution is -0.137. The summed E-state index contributed by atoms with van der Waals surface area (Å²) in [6.07, 6.45) is 8.40. The van der Waals surface area contributed by atoms with E-state index >= 15 is 0 Å². The molecule has 4 heteroatoms. The van der Waals surface area contributed by atoms with Gasteiger partial charge in [0.25, 0.3) is 0 Å². The Labute approximate surface area is 193 Å². The Balaban J connectivity index is 1.56. The standard InChI is InChI=1S/C28H38N2O2/c1-2-3-4-11-16-27(31)29-26(22-24-14-9-6-10-15-24)28(32)30-19-17-25(18-20-30)21-23-12-7-5-8-13-23/h5-10,12-15,25-26H,2-4,11,16-22H2,1H3,(H,29,31). The van der Waals surface area contributed by atoms with Crippen molar-refractivity contribution in [2.75, 3.05) is 13.1 Å². The molecule has 2 amide bonds. The smallest absolute Gasteiger partial charge is 0.245 e. The maximum Gasteiger partial charge on any atom is 0.245 e. The molecule has 1 heterocycles. The summed E-state index contributed by atoms with van der Waals surface area (Å²) in [6.45, 7) is 3.71. The first-order valence-electron chi connectivity index (χ1n) is 12.3. The van der Waals surface area contributed by atoms with E-state index in [9.17, 15) is 9.59 Å². The second-order valence-electron chi connectivity index (χ2n) is 9.08. The number of carbonyl (C=O) groups is 2. The Bertz CT molecular complexity index is 814. The van der Waals surface area contributed by atoms with Crippen LogP contribution < -0.4 is 5.32 Å². The molecule has 172 valence electrons. The third-order valence-electron chi connectivity index (χ3n) is 6.47. The van der Waals surface area contributed by atoms with Gasteiger partial charge in [-0.15, -0.1) is 0 Å². The third-order valence-corrected chi connectivity index (χ3v) is 6.47. The molecule has 0 aliphatic carbocycles. The van der Waals surface area contributed by atoms with E-state index in [0.29, 0.717) is 18.8 Å². The first kappa shape index (κ1) is 24.0. The Kier molecular flexibility index (Phi) is 9.80. The molecule has 32 heavy (non-hydrogen) atoms. The molecule has 0 bridgehead atoms. The van der Waals surface area contributed by atoms with Crippen LogP contribution in [0.1, 0.15) is 63.0 Å². The number of amides is 2. The summed E-state index contributed by atoms with van der Waals surface area (Å²) in [7, 11) is 0. The molecule has 1 unspecified atom stereocenters. The Morgan fingerprint density at radius 1 is 0.906 bits per heavy atom. The Morgan fingerprint density at radius 3 is 2.16 bits per heavy atom. The molecule has 1 aliphatic heterocycles. The van der Waals surface area contributed by atoms with Crippen molar-refractivity contribution in [2.24, 2.45) is 5.92 Å².